The lowest BCUT2D eigenvalue weighted by molar-refractivity contribution is -0.141. The molecule has 1 aliphatic carbocycles. The highest BCUT2D eigenvalue weighted by molar-refractivity contribution is 7.92. The molecular weight excluding hydrogens is 605 g/mol. The van der Waals surface area contributed by atoms with Crippen LogP contribution in [0.25, 0.3) is 0 Å². The van der Waals surface area contributed by atoms with Gasteiger partial charge in [-0.3, -0.25) is 13.9 Å². The van der Waals surface area contributed by atoms with E-state index in [2.05, 4.69) is 5.32 Å². The average molecular weight is 645 g/mol. The van der Waals surface area contributed by atoms with E-state index in [4.69, 9.17) is 23.2 Å². The molecule has 43 heavy (non-hydrogen) atoms. The smallest absolute Gasteiger partial charge is 0.243 e. The third kappa shape index (κ3) is 8.97. The van der Waals surface area contributed by atoms with Gasteiger partial charge in [0.2, 0.25) is 21.8 Å². The molecular formula is C33H39Cl2N3O4S. The van der Waals surface area contributed by atoms with Crippen LogP contribution < -0.4 is 9.62 Å². The number of carbonyl (C=O) groups excluding carboxylic acids is 2. The average Bonchev–Trinajstić information content (AvgIpc) is 3.48. The fraction of sp³-hybridized carbons (Fsp3) is 0.394. The van der Waals surface area contributed by atoms with Crippen molar-refractivity contribution in [1.82, 2.24) is 10.2 Å². The monoisotopic (exact) mass is 643 g/mol. The molecule has 1 atom stereocenters. The molecule has 0 aliphatic heterocycles. The Bertz CT molecular complexity index is 1510. The summed E-state index contributed by atoms with van der Waals surface area (Å²) in [5.41, 5.74) is 2.79. The Morgan fingerprint density at radius 2 is 1.58 bits per heavy atom. The first-order valence-electron chi connectivity index (χ1n) is 14.6. The molecule has 0 bridgehead atoms. The van der Waals surface area contributed by atoms with Crippen LogP contribution in [-0.2, 0) is 32.6 Å². The molecule has 0 aromatic heterocycles. The Hall–Kier alpha value is -3.07. The van der Waals surface area contributed by atoms with Crippen molar-refractivity contribution in [1.29, 1.82) is 0 Å². The molecule has 230 valence electrons. The number of hydrogen-bond donors (Lipinski definition) is 1. The second kappa shape index (κ2) is 15.1. The van der Waals surface area contributed by atoms with E-state index in [1.807, 2.05) is 48.5 Å². The molecule has 4 rings (SSSR count). The number of anilines is 1. The van der Waals surface area contributed by atoms with Crippen molar-refractivity contribution >= 4 is 50.7 Å². The van der Waals surface area contributed by atoms with E-state index in [0.717, 1.165) is 43.1 Å². The molecule has 0 unspecified atom stereocenters. The Morgan fingerprint density at radius 1 is 0.930 bits per heavy atom. The van der Waals surface area contributed by atoms with E-state index < -0.39 is 16.1 Å². The van der Waals surface area contributed by atoms with Gasteiger partial charge in [0.25, 0.3) is 0 Å². The summed E-state index contributed by atoms with van der Waals surface area (Å²) < 4.78 is 26.8. The topological polar surface area (TPSA) is 86.8 Å². The van der Waals surface area contributed by atoms with Gasteiger partial charge in [-0.05, 0) is 61.1 Å². The molecule has 10 heteroatoms. The van der Waals surface area contributed by atoms with Gasteiger partial charge in [-0.25, -0.2) is 8.42 Å². The molecule has 3 aromatic rings. The minimum absolute atomic E-state index is 0.0398. The predicted molar refractivity (Wildman–Crippen MR) is 174 cm³/mol. The first kappa shape index (κ1) is 32.8. The van der Waals surface area contributed by atoms with Crippen molar-refractivity contribution in [3.05, 3.63) is 99.5 Å². The fourth-order valence-corrected chi connectivity index (χ4v) is 6.96. The van der Waals surface area contributed by atoms with E-state index in [9.17, 15) is 18.0 Å². The first-order chi connectivity index (χ1) is 20.5. The van der Waals surface area contributed by atoms with E-state index >= 15 is 0 Å². The Morgan fingerprint density at radius 3 is 2.26 bits per heavy atom. The second-order valence-corrected chi connectivity index (χ2v) is 13.9. The number of sulfonamides is 1. The number of carbonyl (C=O) groups is 2. The summed E-state index contributed by atoms with van der Waals surface area (Å²) in [5.74, 6) is -0.442. The van der Waals surface area contributed by atoms with Crippen LogP contribution in [0.3, 0.4) is 0 Å². The van der Waals surface area contributed by atoms with Gasteiger partial charge in [-0.15, -0.1) is 0 Å². The molecule has 7 nitrogen and oxygen atoms in total. The minimum atomic E-state index is -3.65. The minimum Gasteiger partial charge on any atom is -0.352 e. The summed E-state index contributed by atoms with van der Waals surface area (Å²) in [6.07, 6.45) is 5.75. The molecule has 0 saturated heterocycles. The van der Waals surface area contributed by atoms with Crippen LogP contribution in [-0.4, -0.2) is 50.0 Å². The highest BCUT2D eigenvalue weighted by Crippen LogP contribution is 2.29. The van der Waals surface area contributed by atoms with Gasteiger partial charge >= 0.3 is 0 Å². The summed E-state index contributed by atoms with van der Waals surface area (Å²) in [5, 5.41) is 4.17. The zero-order chi connectivity index (χ0) is 31.0. The van der Waals surface area contributed by atoms with Crippen molar-refractivity contribution in [2.75, 3.05) is 17.1 Å². The van der Waals surface area contributed by atoms with Crippen LogP contribution in [0.1, 0.15) is 55.2 Å². The van der Waals surface area contributed by atoms with Gasteiger partial charge in [0, 0.05) is 42.0 Å². The molecule has 2 amide bonds. The third-order valence-corrected chi connectivity index (χ3v) is 9.89. The van der Waals surface area contributed by atoms with E-state index in [1.165, 1.54) is 4.31 Å². The van der Waals surface area contributed by atoms with Crippen LogP contribution in [0.2, 0.25) is 10.0 Å². The van der Waals surface area contributed by atoms with Crippen LogP contribution in [0.15, 0.2) is 72.8 Å². The second-order valence-electron chi connectivity index (χ2n) is 11.1. The summed E-state index contributed by atoms with van der Waals surface area (Å²) in [7, 11) is -3.65. The molecule has 1 N–H and O–H groups in total. The maximum absolute atomic E-state index is 14.0. The number of halogens is 2. The summed E-state index contributed by atoms with van der Waals surface area (Å²) in [4.78, 5) is 29.5. The standard InChI is InChI=1S/C33H39Cl2N3O4S/c1-24-28(34)18-10-19-30(24)38(43(2,41)42)21-11-20-32(39)37(23-26-14-6-9-17-29(26)35)31(22-25-12-4-3-5-13-25)33(40)36-27-15-7-8-16-27/h3-6,9-10,12-14,17-19,27,31H,7-8,11,15-16,20-23H2,1-2H3,(H,36,40)/t31-/m1/s1. The highest BCUT2D eigenvalue weighted by atomic mass is 35.5. The quantitative estimate of drug-likeness (QED) is 0.229. The van der Waals surface area contributed by atoms with Crippen LogP contribution in [0, 0.1) is 6.92 Å². The van der Waals surface area contributed by atoms with Gasteiger partial charge in [0.05, 0.1) is 11.9 Å². The van der Waals surface area contributed by atoms with Gasteiger partial charge in [-0.2, -0.15) is 0 Å². The number of hydrogen-bond acceptors (Lipinski definition) is 4. The molecule has 1 saturated carbocycles. The van der Waals surface area contributed by atoms with Gasteiger partial charge in [0.1, 0.15) is 6.04 Å². The summed E-state index contributed by atoms with van der Waals surface area (Å²) in [6, 6.07) is 21.4. The number of nitrogens with one attached hydrogen (secondary N) is 1. The zero-order valence-corrected chi connectivity index (χ0v) is 27.0. The van der Waals surface area contributed by atoms with E-state index in [1.54, 1.807) is 36.1 Å². The van der Waals surface area contributed by atoms with E-state index in [-0.39, 0.29) is 43.8 Å². The molecule has 1 aliphatic rings. The lowest BCUT2D eigenvalue weighted by Gasteiger charge is -2.33. The zero-order valence-electron chi connectivity index (χ0n) is 24.6. The number of rotatable bonds is 13. The van der Waals surface area contributed by atoms with E-state index in [0.29, 0.717) is 27.7 Å². The maximum Gasteiger partial charge on any atom is 0.243 e. The maximum atomic E-state index is 14.0. The number of amides is 2. The van der Waals surface area contributed by atoms with Crippen LogP contribution in [0.4, 0.5) is 5.69 Å². The lowest BCUT2D eigenvalue weighted by Crippen LogP contribution is -2.52. The molecule has 1 fully saturated rings. The summed E-state index contributed by atoms with van der Waals surface area (Å²) >= 11 is 12.8. The van der Waals surface area contributed by atoms with Gasteiger partial charge < -0.3 is 10.2 Å². The van der Waals surface area contributed by atoms with Crippen molar-refractivity contribution < 1.29 is 18.0 Å². The van der Waals surface area contributed by atoms with Crippen LogP contribution in [0.5, 0.6) is 0 Å². The van der Waals surface area contributed by atoms with Crippen molar-refractivity contribution in [3.8, 4) is 0 Å². The van der Waals surface area contributed by atoms with Crippen molar-refractivity contribution in [2.24, 2.45) is 0 Å². The number of nitrogens with zero attached hydrogens (tertiary/aromatic N) is 2. The SMILES string of the molecule is Cc1c(Cl)cccc1N(CCCC(=O)N(Cc1ccccc1Cl)[C@H](Cc1ccccc1)C(=O)NC1CCCC1)S(C)(=O)=O. The molecule has 0 spiro atoms. The molecule has 0 heterocycles. The fourth-order valence-electron chi connectivity index (χ4n) is 5.58. The Kier molecular flexibility index (Phi) is 11.5. The Labute approximate surface area is 265 Å². The molecule has 3 aromatic carbocycles. The summed E-state index contributed by atoms with van der Waals surface area (Å²) in [6.45, 7) is 2.00. The van der Waals surface area contributed by atoms with Crippen molar-refractivity contribution in [2.45, 2.75) is 70.5 Å². The molecule has 0 radical (unpaired) electrons. The third-order valence-electron chi connectivity index (χ3n) is 7.93. The first-order valence-corrected chi connectivity index (χ1v) is 17.2. The van der Waals surface area contributed by atoms with Crippen LogP contribution >= 0.6 is 23.2 Å². The largest absolute Gasteiger partial charge is 0.352 e. The predicted octanol–water partition coefficient (Wildman–Crippen LogP) is 6.55. The number of benzene rings is 3. The van der Waals surface area contributed by atoms with Gasteiger partial charge in [0.15, 0.2) is 0 Å². The van der Waals surface area contributed by atoms with Crippen molar-refractivity contribution in [3.63, 3.8) is 0 Å². The Balaban J connectivity index is 1.61. The normalized spacial score (nSPS) is 14.3. The van der Waals surface area contributed by atoms with Gasteiger partial charge in [-0.1, -0.05) is 90.6 Å². The lowest BCUT2D eigenvalue weighted by atomic mass is 10.0. The highest BCUT2D eigenvalue weighted by Gasteiger charge is 2.32.